The molecule has 0 radical (unpaired) electrons. The Morgan fingerprint density at radius 1 is 0.313 bits per heavy atom. The summed E-state index contributed by atoms with van der Waals surface area (Å²) in [6.45, 7) is 6.44. The van der Waals surface area contributed by atoms with Crippen LogP contribution in [0.4, 0.5) is 0 Å². The summed E-state index contributed by atoms with van der Waals surface area (Å²) in [4.78, 5) is 38.1. The second kappa shape index (κ2) is 55.2. The molecule has 67 heavy (non-hydrogen) atoms. The largest absolute Gasteiger partial charge is 0.462 e. The van der Waals surface area contributed by atoms with E-state index >= 15 is 0 Å². The van der Waals surface area contributed by atoms with E-state index in [2.05, 4.69) is 106 Å². The molecule has 0 rings (SSSR count). The van der Waals surface area contributed by atoms with Crippen LogP contribution >= 0.6 is 0 Å². The van der Waals surface area contributed by atoms with E-state index < -0.39 is 6.10 Å². The van der Waals surface area contributed by atoms with Gasteiger partial charge in [-0.05, 0) is 89.9 Å². The van der Waals surface area contributed by atoms with Gasteiger partial charge in [0.2, 0.25) is 0 Å². The zero-order chi connectivity index (χ0) is 48.6. The van der Waals surface area contributed by atoms with Crippen molar-refractivity contribution in [2.75, 3.05) is 13.2 Å². The van der Waals surface area contributed by atoms with Crippen LogP contribution in [0.25, 0.3) is 0 Å². The smallest absolute Gasteiger partial charge is 0.306 e. The Labute approximate surface area is 414 Å². The Balaban J connectivity index is 4.40. The van der Waals surface area contributed by atoms with Gasteiger partial charge in [-0.1, -0.05) is 241 Å². The first-order valence-electron chi connectivity index (χ1n) is 28.2. The van der Waals surface area contributed by atoms with Crippen molar-refractivity contribution in [3.8, 4) is 0 Å². The molecule has 0 fully saturated rings. The lowest BCUT2D eigenvalue weighted by molar-refractivity contribution is -0.167. The molecule has 1 atom stereocenters. The van der Waals surface area contributed by atoms with Crippen LogP contribution in [0.15, 0.2) is 85.1 Å². The van der Waals surface area contributed by atoms with Crippen molar-refractivity contribution in [1.29, 1.82) is 0 Å². The van der Waals surface area contributed by atoms with E-state index in [0.717, 1.165) is 77.0 Å². The minimum Gasteiger partial charge on any atom is -0.462 e. The quantitative estimate of drug-likeness (QED) is 0.0262. The van der Waals surface area contributed by atoms with Crippen LogP contribution < -0.4 is 0 Å². The highest BCUT2D eigenvalue weighted by Crippen LogP contribution is 2.15. The average molecular weight is 933 g/mol. The molecule has 1 unspecified atom stereocenters. The van der Waals surface area contributed by atoms with Gasteiger partial charge >= 0.3 is 17.9 Å². The van der Waals surface area contributed by atoms with Crippen LogP contribution in [0.2, 0.25) is 0 Å². The third-order valence-corrected chi connectivity index (χ3v) is 12.0. The summed E-state index contributed by atoms with van der Waals surface area (Å²) < 4.78 is 16.8. The van der Waals surface area contributed by atoms with Gasteiger partial charge in [0.15, 0.2) is 6.10 Å². The molecule has 0 aromatic rings. The molecule has 6 nitrogen and oxygen atoms in total. The first kappa shape index (κ1) is 63.6. The summed E-state index contributed by atoms with van der Waals surface area (Å²) in [5.74, 6) is -0.910. The predicted octanol–water partition coefficient (Wildman–Crippen LogP) is 18.8. The lowest BCUT2D eigenvalue weighted by Gasteiger charge is -2.18. The van der Waals surface area contributed by atoms with E-state index in [9.17, 15) is 14.4 Å². The molecule has 0 saturated heterocycles. The highest BCUT2D eigenvalue weighted by molar-refractivity contribution is 5.71. The minimum atomic E-state index is -0.790. The molecule has 384 valence electrons. The third-order valence-electron chi connectivity index (χ3n) is 12.0. The van der Waals surface area contributed by atoms with Gasteiger partial charge in [-0.2, -0.15) is 0 Å². The first-order valence-corrected chi connectivity index (χ1v) is 28.2. The van der Waals surface area contributed by atoms with Gasteiger partial charge in [0.05, 0.1) is 0 Å². The number of esters is 3. The van der Waals surface area contributed by atoms with E-state index in [0.29, 0.717) is 19.3 Å². The van der Waals surface area contributed by atoms with E-state index in [-0.39, 0.29) is 31.1 Å². The molecular formula is C61H104O6. The molecule has 0 aliphatic rings. The molecule has 6 heteroatoms. The number of unbranched alkanes of at least 4 members (excludes halogenated alkanes) is 29. The van der Waals surface area contributed by atoms with Crippen molar-refractivity contribution in [2.45, 2.75) is 271 Å². The van der Waals surface area contributed by atoms with E-state index in [1.807, 2.05) is 0 Å². The fourth-order valence-corrected chi connectivity index (χ4v) is 7.72. The van der Waals surface area contributed by atoms with Crippen LogP contribution in [-0.2, 0) is 28.6 Å². The zero-order valence-electron chi connectivity index (χ0n) is 43.9. The highest BCUT2D eigenvalue weighted by Gasteiger charge is 2.19. The van der Waals surface area contributed by atoms with E-state index in [1.165, 1.54) is 148 Å². The molecule has 0 aromatic heterocycles. The number of ether oxygens (including phenoxy) is 3. The fraction of sp³-hybridized carbons (Fsp3) is 0.721. The molecule has 0 bridgehead atoms. The van der Waals surface area contributed by atoms with Crippen LogP contribution in [-0.4, -0.2) is 37.2 Å². The van der Waals surface area contributed by atoms with Crippen LogP contribution in [0.3, 0.4) is 0 Å². The van der Waals surface area contributed by atoms with Crippen molar-refractivity contribution in [3.63, 3.8) is 0 Å². The van der Waals surface area contributed by atoms with Gasteiger partial charge < -0.3 is 14.2 Å². The lowest BCUT2D eigenvalue weighted by Crippen LogP contribution is -2.30. The van der Waals surface area contributed by atoms with Crippen molar-refractivity contribution >= 4 is 17.9 Å². The molecule has 0 heterocycles. The Bertz CT molecular complexity index is 1300. The monoisotopic (exact) mass is 933 g/mol. The predicted molar refractivity (Wildman–Crippen MR) is 288 cm³/mol. The average Bonchev–Trinajstić information content (AvgIpc) is 3.33. The number of rotatable bonds is 50. The summed E-state index contributed by atoms with van der Waals surface area (Å²) in [7, 11) is 0. The van der Waals surface area contributed by atoms with Gasteiger partial charge in [-0.3, -0.25) is 14.4 Å². The molecule has 0 amide bonds. The number of carbonyl (C=O) groups is 3. The molecular weight excluding hydrogens is 829 g/mol. The minimum absolute atomic E-state index is 0.0872. The number of hydrogen-bond donors (Lipinski definition) is 0. The molecule has 0 N–H and O–H groups in total. The van der Waals surface area contributed by atoms with Gasteiger partial charge in [0, 0.05) is 19.3 Å². The summed E-state index contributed by atoms with van der Waals surface area (Å²) in [6.07, 6.45) is 71.3. The molecule has 0 aliphatic heterocycles. The van der Waals surface area contributed by atoms with Crippen molar-refractivity contribution in [1.82, 2.24) is 0 Å². The molecule has 0 aromatic carbocycles. The van der Waals surface area contributed by atoms with Crippen LogP contribution in [0.1, 0.15) is 265 Å². The lowest BCUT2D eigenvalue weighted by atomic mass is 10.1. The SMILES string of the molecule is CC\C=C/C=C\C=C/CCCCCCCCCC(=O)OC(COC(=O)CCCCCCCC/C=C\C=C/CCCCC)COC(=O)CCCCCCCCCCCC/C=C\C=C/CCCCC. The molecule has 0 saturated carbocycles. The van der Waals surface area contributed by atoms with E-state index in [1.54, 1.807) is 0 Å². The first-order chi connectivity index (χ1) is 33.0. The Hall–Kier alpha value is -3.41. The van der Waals surface area contributed by atoms with Crippen molar-refractivity contribution in [3.05, 3.63) is 85.1 Å². The Kier molecular flexibility index (Phi) is 52.4. The third kappa shape index (κ3) is 53.4. The zero-order valence-corrected chi connectivity index (χ0v) is 43.9. The maximum Gasteiger partial charge on any atom is 0.306 e. The molecule has 0 aliphatic carbocycles. The van der Waals surface area contributed by atoms with Crippen LogP contribution in [0.5, 0.6) is 0 Å². The summed E-state index contributed by atoms with van der Waals surface area (Å²) >= 11 is 0. The Morgan fingerprint density at radius 3 is 0.910 bits per heavy atom. The van der Waals surface area contributed by atoms with Gasteiger partial charge in [-0.25, -0.2) is 0 Å². The van der Waals surface area contributed by atoms with Crippen LogP contribution in [0, 0.1) is 0 Å². The van der Waals surface area contributed by atoms with Crippen molar-refractivity contribution < 1.29 is 28.6 Å². The summed E-state index contributed by atoms with van der Waals surface area (Å²) in [5, 5.41) is 0. The highest BCUT2D eigenvalue weighted by atomic mass is 16.6. The van der Waals surface area contributed by atoms with Crippen molar-refractivity contribution in [2.24, 2.45) is 0 Å². The molecule has 0 spiro atoms. The second-order valence-corrected chi connectivity index (χ2v) is 18.6. The standard InChI is InChI=1S/C61H104O6/c1-4-7-10-13-16-19-22-25-28-29-30-31-34-36-39-42-45-48-51-54-60(63)66-57-58(67-61(64)55-52-49-46-43-40-37-33-27-24-21-18-15-12-9-6-3)56-65-59(62)53-50-47-44-41-38-35-32-26-23-20-17-14-11-8-5-2/h9,12,15-26,58H,4-8,10-11,13-14,27-57H2,1-3H3/b12-9-,18-15-,19-16-,20-17-,24-21-,25-22-,26-23-. The maximum atomic E-state index is 12.8. The second-order valence-electron chi connectivity index (χ2n) is 18.6. The topological polar surface area (TPSA) is 78.9 Å². The number of allylic oxidation sites excluding steroid dienone is 14. The van der Waals surface area contributed by atoms with E-state index in [4.69, 9.17) is 14.2 Å². The summed E-state index contributed by atoms with van der Waals surface area (Å²) in [5.41, 5.74) is 0. The Morgan fingerprint density at radius 2 is 0.582 bits per heavy atom. The number of hydrogen-bond acceptors (Lipinski definition) is 6. The van der Waals surface area contributed by atoms with Gasteiger partial charge in [0.25, 0.3) is 0 Å². The fourth-order valence-electron chi connectivity index (χ4n) is 7.72. The summed E-state index contributed by atoms with van der Waals surface area (Å²) in [6, 6.07) is 0. The number of carbonyl (C=O) groups excluding carboxylic acids is 3. The maximum absolute atomic E-state index is 12.8. The normalized spacial score (nSPS) is 12.7. The van der Waals surface area contributed by atoms with Gasteiger partial charge in [-0.15, -0.1) is 0 Å². The van der Waals surface area contributed by atoms with Gasteiger partial charge in [0.1, 0.15) is 13.2 Å².